The second-order valence-electron chi connectivity index (χ2n) is 4.16. The maximum Gasteiger partial charge on any atom is 0.248 e. The van der Waals surface area contributed by atoms with Gasteiger partial charge in [0, 0.05) is 11.1 Å². The van der Waals surface area contributed by atoms with Crippen molar-refractivity contribution in [3.63, 3.8) is 0 Å². The first-order chi connectivity index (χ1) is 9.95. The molecule has 108 valence electrons. The summed E-state index contributed by atoms with van der Waals surface area (Å²) in [5.74, 6) is -0.217. The van der Waals surface area contributed by atoms with Gasteiger partial charge >= 0.3 is 0 Å². The monoisotopic (exact) mass is 341 g/mol. The van der Waals surface area contributed by atoms with Crippen LogP contribution >= 0.6 is 34.8 Å². The smallest absolute Gasteiger partial charge is 0.248 e. The molecule has 6 heteroatoms. The van der Waals surface area contributed by atoms with E-state index in [1.54, 1.807) is 18.2 Å². The van der Waals surface area contributed by atoms with Gasteiger partial charge in [0.1, 0.15) is 5.75 Å². The highest BCUT2D eigenvalue weighted by Gasteiger charge is 2.09. The predicted octanol–water partition coefficient (Wildman–Crippen LogP) is 5.00. The number of halogens is 3. The molecule has 0 spiro atoms. The summed E-state index contributed by atoms with van der Waals surface area (Å²) in [4.78, 5) is 11.8. The molecule has 3 nitrogen and oxygen atoms in total. The quantitative estimate of drug-likeness (QED) is 0.771. The number of rotatable bonds is 3. The van der Waals surface area contributed by atoms with Gasteiger partial charge in [-0.3, -0.25) is 4.79 Å². The Kier molecular flexibility index (Phi) is 5.12. The highest BCUT2D eigenvalue weighted by atomic mass is 35.5. The number of phenolic OH excluding ortho intramolecular Hbond substituents is 1. The van der Waals surface area contributed by atoms with E-state index in [1.807, 2.05) is 0 Å². The van der Waals surface area contributed by atoms with Crippen LogP contribution in [0.5, 0.6) is 5.75 Å². The van der Waals surface area contributed by atoms with Crippen LogP contribution < -0.4 is 5.32 Å². The average molecular weight is 343 g/mol. The number of nitrogens with one attached hydrogen (secondary N) is 1. The summed E-state index contributed by atoms with van der Waals surface area (Å²) in [6, 6.07) is 9.42. The molecule has 0 aliphatic heterocycles. The maximum absolute atomic E-state index is 11.8. The summed E-state index contributed by atoms with van der Waals surface area (Å²) < 4.78 is 0. The van der Waals surface area contributed by atoms with E-state index in [2.05, 4.69) is 5.32 Å². The fourth-order valence-corrected chi connectivity index (χ4v) is 2.50. The second kappa shape index (κ2) is 6.85. The highest BCUT2D eigenvalue weighted by molar-refractivity contribution is 6.42. The van der Waals surface area contributed by atoms with Crippen LogP contribution in [0.25, 0.3) is 6.08 Å². The molecule has 0 unspecified atom stereocenters. The van der Waals surface area contributed by atoms with Crippen LogP contribution in [0.4, 0.5) is 5.69 Å². The third-order valence-corrected chi connectivity index (χ3v) is 3.39. The van der Waals surface area contributed by atoms with Crippen LogP contribution in [0.3, 0.4) is 0 Å². The van der Waals surface area contributed by atoms with Crippen molar-refractivity contribution in [3.8, 4) is 5.75 Å². The Balaban J connectivity index is 2.10. The van der Waals surface area contributed by atoms with E-state index in [0.29, 0.717) is 10.7 Å². The topological polar surface area (TPSA) is 49.3 Å². The van der Waals surface area contributed by atoms with Gasteiger partial charge < -0.3 is 10.4 Å². The standard InChI is InChI=1S/C15H10Cl3NO2/c16-10-7-12(17)15(13(18)8-10)19-14(21)6-3-9-1-4-11(20)5-2-9/h1-8,20H,(H,19,21)/b6-3+. The average Bonchev–Trinajstić information content (AvgIpc) is 2.42. The van der Waals surface area contributed by atoms with Gasteiger partial charge in [0.15, 0.2) is 0 Å². The molecule has 2 N–H and O–H groups in total. The van der Waals surface area contributed by atoms with E-state index in [1.165, 1.54) is 30.3 Å². The molecule has 0 radical (unpaired) electrons. The molecule has 0 saturated heterocycles. The third-order valence-electron chi connectivity index (χ3n) is 2.58. The van der Waals surface area contributed by atoms with Crippen molar-refractivity contribution in [1.29, 1.82) is 0 Å². The van der Waals surface area contributed by atoms with Gasteiger partial charge in [-0.2, -0.15) is 0 Å². The lowest BCUT2D eigenvalue weighted by atomic mass is 10.2. The van der Waals surface area contributed by atoms with E-state index < -0.39 is 0 Å². The largest absolute Gasteiger partial charge is 0.508 e. The van der Waals surface area contributed by atoms with Gasteiger partial charge in [0.25, 0.3) is 0 Å². The SMILES string of the molecule is O=C(/C=C/c1ccc(O)cc1)Nc1c(Cl)cc(Cl)cc1Cl. The fraction of sp³-hybridized carbons (Fsp3) is 0. The molecule has 0 bridgehead atoms. The summed E-state index contributed by atoms with van der Waals surface area (Å²) in [6.45, 7) is 0. The van der Waals surface area contributed by atoms with Gasteiger partial charge in [0.05, 0.1) is 15.7 Å². The number of carbonyl (C=O) groups is 1. The van der Waals surface area contributed by atoms with Crippen molar-refractivity contribution in [2.24, 2.45) is 0 Å². The van der Waals surface area contributed by atoms with Crippen molar-refractivity contribution in [2.45, 2.75) is 0 Å². The summed E-state index contributed by atoms with van der Waals surface area (Å²) in [5.41, 5.74) is 1.08. The maximum atomic E-state index is 11.8. The normalized spacial score (nSPS) is 10.8. The first kappa shape index (κ1) is 15.7. The van der Waals surface area contributed by atoms with Crippen LogP contribution in [-0.4, -0.2) is 11.0 Å². The number of hydrogen-bond acceptors (Lipinski definition) is 2. The highest BCUT2D eigenvalue weighted by Crippen LogP contribution is 2.33. The molecule has 0 fully saturated rings. The van der Waals surface area contributed by atoms with Gasteiger partial charge in [0.2, 0.25) is 5.91 Å². The van der Waals surface area contributed by atoms with E-state index in [-0.39, 0.29) is 21.7 Å². The van der Waals surface area contributed by atoms with E-state index in [4.69, 9.17) is 39.9 Å². The summed E-state index contributed by atoms with van der Waals surface area (Å²) in [5, 5.41) is 12.7. The molecule has 0 aliphatic carbocycles. The fourth-order valence-electron chi connectivity index (χ4n) is 1.58. The van der Waals surface area contributed by atoms with Crippen LogP contribution in [-0.2, 0) is 4.79 Å². The molecule has 21 heavy (non-hydrogen) atoms. The molecule has 0 heterocycles. The summed E-state index contributed by atoms with van der Waals surface area (Å²) in [6.07, 6.45) is 2.94. The minimum Gasteiger partial charge on any atom is -0.508 e. The lowest BCUT2D eigenvalue weighted by Gasteiger charge is -2.07. The Morgan fingerprint density at radius 2 is 1.62 bits per heavy atom. The summed E-state index contributed by atoms with van der Waals surface area (Å²) >= 11 is 17.8. The zero-order valence-corrected chi connectivity index (χ0v) is 12.9. The lowest BCUT2D eigenvalue weighted by Crippen LogP contribution is -2.08. The minimum atomic E-state index is -0.380. The lowest BCUT2D eigenvalue weighted by molar-refractivity contribution is -0.111. The molecule has 2 aromatic carbocycles. The number of phenols is 1. The first-order valence-corrected chi connectivity index (χ1v) is 7.02. The zero-order chi connectivity index (χ0) is 15.4. The van der Waals surface area contributed by atoms with Gasteiger partial charge in [-0.05, 0) is 35.9 Å². The van der Waals surface area contributed by atoms with E-state index >= 15 is 0 Å². The number of hydrogen-bond donors (Lipinski definition) is 2. The molecule has 0 saturated carbocycles. The Morgan fingerprint density at radius 3 is 2.19 bits per heavy atom. The van der Waals surface area contributed by atoms with Crippen molar-refractivity contribution in [3.05, 3.63) is 63.1 Å². The molecular weight excluding hydrogens is 333 g/mol. The first-order valence-electron chi connectivity index (χ1n) is 5.88. The van der Waals surface area contributed by atoms with Gasteiger partial charge in [-0.15, -0.1) is 0 Å². The van der Waals surface area contributed by atoms with Crippen LogP contribution in [0, 0.1) is 0 Å². The van der Waals surface area contributed by atoms with Gasteiger partial charge in [-0.1, -0.05) is 46.9 Å². The summed E-state index contributed by atoms with van der Waals surface area (Å²) in [7, 11) is 0. The Bertz CT molecular complexity index is 674. The molecular formula is C15H10Cl3NO2. The van der Waals surface area contributed by atoms with E-state index in [9.17, 15) is 4.79 Å². The predicted molar refractivity (Wildman–Crippen MR) is 87.2 cm³/mol. The Labute approximate surface area is 136 Å². The Morgan fingerprint density at radius 1 is 1.05 bits per heavy atom. The number of carbonyl (C=O) groups excluding carboxylic acids is 1. The number of benzene rings is 2. The molecule has 2 aromatic rings. The van der Waals surface area contributed by atoms with Crippen molar-refractivity contribution in [1.82, 2.24) is 0 Å². The minimum absolute atomic E-state index is 0.163. The number of aromatic hydroxyl groups is 1. The van der Waals surface area contributed by atoms with Crippen LogP contribution in [0.15, 0.2) is 42.5 Å². The van der Waals surface area contributed by atoms with Gasteiger partial charge in [-0.25, -0.2) is 0 Å². The van der Waals surface area contributed by atoms with Crippen molar-refractivity contribution in [2.75, 3.05) is 5.32 Å². The van der Waals surface area contributed by atoms with E-state index in [0.717, 1.165) is 5.56 Å². The molecule has 0 atom stereocenters. The van der Waals surface area contributed by atoms with Crippen LogP contribution in [0.1, 0.15) is 5.56 Å². The molecule has 0 aliphatic rings. The third kappa shape index (κ3) is 4.39. The van der Waals surface area contributed by atoms with Crippen molar-refractivity contribution >= 4 is 52.5 Å². The molecule has 2 rings (SSSR count). The zero-order valence-electron chi connectivity index (χ0n) is 10.6. The van der Waals surface area contributed by atoms with Crippen molar-refractivity contribution < 1.29 is 9.90 Å². The van der Waals surface area contributed by atoms with Crippen LogP contribution in [0.2, 0.25) is 15.1 Å². The number of anilines is 1. The second-order valence-corrected chi connectivity index (χ2v) is 5.41. The molecule has 1 amide bonds. The molecule has 0 aromatic heterocycles. The Hall–Kier alpha value is -1.68. The number of amides is 1.